The van der Waals surface area contributed by atoms with Crippen molar-refractivity contribution in [3.05, 3.63) is 83.9 Å². The van der Waals surface area contributed by atoms with E-state index in [1.54, 1.807) is 41.8 Å². The monoisotopic (exact) mass is 453 g/mol. The highest BCUT2D eigenvalue weighted by atomic mass is 16.2. The molecule has 170 valence electrons. The van der Waals surface area contributed by atoms with Crippen molar-refractivity contribution in [3.8, 4) is 11.3 Å². The van der Waals surface area contributed by atoms with Crippen LogP contribution in [0.15, 0.2) is 67.3 Å². The number of carbonyl (C=O) groups excluding carboxylic acids is 3. The number of nitrogens with one attached hydrogen (secondary N) is 1. The summed E-state index contributed by atoms with van der Waals surface area (Å²) in [6.45, 7) is 3.26. The molecule has 1 fully saturated rings. The molecule has 0 bridgehead atoms. The summed E-state index contributed by atoms with van der Waals surface area (Å²) in [5.74, 6) is -1.20. The molecule has 1 aliphatic rings. The highest BCUT2D eigenvalue weighted by molar-refractivity contribution is 6.45. The number of pyridine rings is 2. The smallest absolute Gasteiger partial charge is 0.295 e. The Morgan fingerprint density at radius 3 is 2.35 bits per heavy atom. The molecule has 0 atom stereocenters. The first kappa shape index (κ1) is 21.5. The van der Waals surface area contributed by atoms with Crippen LogP contribution in [0.4, 0.5) is 0 Å². The average molecular weight is 454 g/mol. The summed E-state index contributed by atoms with van der Waals surface area (Å²) in [4.78, 5) is 54.0. The van der Waals surface area contributed by atoms with E-state index in [9.17, 15) is 14.4 Å². The maximum absolute atomic E-state index is 13.2. The third kappa shape index (κ3) is 3.83. The summed E-state index contributed by atoms with van der Waals surface area (Å²) < 4.78 is 0. The van der Waals surface area contributed by atoms with Crippen LogP contribution in [0.25, 0.3) is 22.2 Å². The van der Waals surface area contributed by atoms with Crippen LogP contribution in [-0.2, 0) is 4.79 Å². The van der Waals surface area contributed by atoms with Crippen molar-refractivity contribution in [2.24, 2.45) is 0 Å². The average Bonchev–Trinajstić information content (AvgIpc) is 3.35. The third-order valence-corrected chi connectivity index (χ3v) is 6.15. The maximum atomic E-state index is 13.2. The fourth-order valence-corrected chi connectivity index (χ4v) is 4.35. The molecule has 5 rings (SSSR count). The van der Waals surface area contributed by atoms with Crippen LogP contribution in [0.3, 0.4) is 0 Å². The largest absolute Gasteiger partial charge is 0.359 e. The quantitative estimate of drug-likeness (QED) is 0.378. The number of benzene rings is 1. The minimum atomic E-state index is -0.569. The molecular formula is C26H23N5O3. The lowest BCUT2D eigenvalue weighted by atomic mass is 10.0. The standard InChI is InChI=1S/C26H23N5O3/c1-17-14-28-22(19-8-5-9-27-15-19)23-21(17)20(16-29-23)24(32)26(34)31-12-10-30(11-13-31)25(33)18-6-3-2-4-7-18/h2-9,14-16,29H,10-13H2,1H3. The lowest BCUT2D eigenvalue weighted by molar-refractivity contribution is -0.127. The summed E-state index contributed by atoms with van der Waals surface area (Å²) in [7, 11) is 0. The molecule has 4 aromatic rings. The Labute approximate surface area is 196 Å². The van der Waals surface area contributed by atoms with Gasteiger partial charge < -0.3 is 14.8 Å². The Morgan fingerprint density at radius 2 is 1.65 bits per heavy atom. The van der Waals surface area contributed by atoms with E-state index in [-0.39, 0.29) is 5.91 Å². The first-order valence-electron chi connectivity index (χ1n) is 11.1. The number of carbonyl (C=O) groups is 3. The van der Waals surface area contributed by atoms with Gasteiger partial charge in [0.15, 0.2) is 0 Å². The van der Waals surface area contributed by atoms with Gasteiger partial charge >= 0.3 is 0 Å². The Morgan fingerprint density at radius 1 is 0.912 bits per heavy atom. The molecule has 34 heavy (non-hydrogen) atoms. The third-order valence-electron chi connectivity index (χ3n) is 6.15. The number of H-pyrrole nitrogens is 1. The van der Waals surface area contributed by atoms with Crippen LogP contribution >= 0.6 is 0 Å². The van der Waals surface area contributed by atoms with Crippen molar-refractivity contribution in [1.29, 1.82) is 0 Å². The molecule has 0 aliphatic carbocycles. The number of aromatic amines is 1. The second-order valence-electron chi connectivity index (χ2n) is 8.26. The Bertz CT molecular complexity index is 1370. The van der Waals surface area contributed by atoms with Gasteiger partial charge in [-0.1, -0.05) is 18.2 Å². The van der Waals surface area contributed by atoms with Crippen LogP contribution in [0.5, 0.6) is 0 Å². The Hall–Kier alpha value is -4.33. The zero-order valence-corrected chi connectivity index (χ0v) is 18.7. The molecule has 0 unspecified atom stereocenters. The number of ketones is 1. The number of fused-ring (bicyclic) bond motifs is 1. The highest BCUT2D eigenvalue weighted by Crippen LogP contribution is 2.30. The molecule has 0 radical (unpaired) electrons. The number of Topliss-reactive ketones (excluding diaryl/α,β-unsaturated/α-hetero) is 1. The van der Waals surface area contributed by atoms with Crippen molar-refractivity contribution in [2.75, 3.05) is 26.2 Å². The number of amides is 2. The van der Waals surface area contributed by atoms with E-state index in [1.165, 1.54) is 4.90 Å². The molecule has 0 spiro atoms. The van der Waals surface area contributed by atoms with Crippen molar-refractivity contribution >= 4 is 28.5 Å². The lowest BCUT2D eigenvalue weighted by Crippen LogP contribution is -2.52. The Balaban J connectivity index is 1.35. The predicted octanol–water partition coefficient (Wildman–Crippen LogP) is 3.10. The minimum Gasteiger partial charge on any atom is -0.359 e. The highest BCUT2D eigenvalue weighted by Gasteiger charge is 2.30. The second-order valence-corrected chi connectivity index (χ2v) is 8.26. The molecule has 3 aromatic heterocycles. The molecule has 2 amide bonds. The minimum absolute atomic E-state index is 0.0679. The van der Waals surface area contributed by atoms with E-state index >= 15 is 0 Å². The molecule has 1 aromatic carbocycles. The van der Waals surface area contributed by atoms with Gasteiger partial charge in [-0.25, -0.2) is 0 Å². The number of hydrogen-bond donors (Lipinski definition) is 1. The van der Waals surface area contributed by atoms with Gasteiger partial charge in [-0.2, -0.15) is 0 Å². The summed E-state index contributed by atoms with van der Waals surface area (Å²) in [6, 6.07) is 12.8. The van der Waals surface area contributed by atoms with Gasteiger partial charge in [0.25, 0.3) is 17.6 Å². The van der Waals surface area contributed by atoms with Gasteiger partial charge in [-0.3, -0.25) is 24.4 Å². The van der Waals surface area contributed by atoms with Gasteiger partial charge in [-0.05, 0) is 36.8 Å². The van der Waals surface area contributed by atoms with Crippen LogP contribution in [0, 0.1) is 6.92 Å². The second kappa shape index (κ2) is 8.90. The summed E-state index contributed by atoms with van der Waals surface area (Å²) in [5.41, 5.74) is 3.94. The lowest BCUT2D eigenvalue weighted by Gasteiger charge is -2.34. The number of aromatic nitrogens is 3. The molecule has 8 heteroatoms. The fraction of sp³-hybridized carbons (Fsp3) is 0.192. The predicted molar refractivity (Wildman–Crippen MR) is 127 cm³/mol. The summed E-state index contributed by atoms with van der Waals surface area (Å²) >= 11 is 0. The zero-order valence-electron chi connectivity index (χ0n) is 18.7. The maximum Gasteiger partial charge on any atom is 0.295 e. The van der Waals surface area contributed by atoms with E-state index in [2.05, 4.69) is 15.0 Å². The fourth-order valence-electron chi connectivity index (χ4n) is 4.35. The molecule has 8 nitrogen and oxygen atoms in total. The molecule has 4 heterocycles. The van der Waals surface area contributed by atoms with Gasteiger partial charge in [0.05, 0.1) is 16.8 Å². The van der Waals surface area contributed by atoms with Crippen molar-refractivity contribution in [3.63, 3.8) is 0 Å². The first-order valence-corrected chi connectivity index (χ1v) is 11.1. The van der Waals surface area contributed by atoms with E-state index in [1.807, 2.05) is 37.3 Å². The zero-order chi connectivity index (χ0) is 23.7. The normalized spacial score (nSPS) is 13.8. The Kier molecular flexibility index (Phi) is 5.63. The number of rotatable bonds is 4. The van der Waals surface area contributed by atoms with Crippen molar-refractivity contribution in [1.82, 2.24) is 24.8 Å². The van der Waals surface area contributed by atoms with Crippen molar-refractivity contribution in [2.45, 2.75) is 6.92 Å². The molecular weight excluding hydrogens is 430 g/mol. The first-order chi connectivity index (χ1) is 16.5. The van der Waals surface area contributed by atoms with Crippen molar-refractivity contribution < 1.29 is 14.4 Å². The number of aryl methyl sites for hydroxylation is 1. The van der Waals surface area contributed by atoms with E-state index < -0.39 is 11.7 Å². The molecule has 1 N–H and O–H groups in total. The summed E-state index contributed by atoms with van der Waals surface area (Å²) in [5, 5.41) is 0.685. The molecule has 1 aliphatic heterocycles. The molecule has 0 saturated carbocycles. The number of hydrogen-bond acceptors (Lipinski definition) is 5. The SMILES string of the molecule is Cc1cnc(-c2cccnc2)c2[nH]cc(C(=O)C(=O)N3CCN(C(=O)c4ccccc4)CC3)c12. The van der Waals surface area contributed by atoms with Gasteiger partial charge in [0.1, 0.15) is 0 Å². The van der Waals surface area contributed by atoms with E-state index in [0.29, 0.717) is 53.9 Å². The van der Waals surface area contributed by atoms with Crippen LogP contribution < -0.4 is 0 Å². The summed E-state index contributed by atoms with van der Waals surface area (Å²) in [6.07, 6.45) is 6.67. The molecule has 1 saturated heterocycles. The van der Waals surface area contributed by atoms with E-state index in [4.69, 9.17) is 0 Å². The topological polar surface area (TPSA) is 99.3 Å². The number of piperazine rings is 1. The number of nitrogens with zero attached hydrogens (tertiary/aromatic N) is 4. The van der Waals surface area contributed by atoms with E-state index in [0.717, 1.165) is 11.1 Å². The van der Waals surface area contributed by atoms with Gasteiger partial charge in [-0.15, -0.1) is 0 Å². The van der Waals surface area contributed by atoms with Crippen LogP contribution in [0.2, 0.25) is 0 Å². The van der Waals surface area contributed by atoms with Crippen LogP contribution in [0.1, 0.15) is 26.3 Å². The van der Waals surface area contributed by atoms with Crippen LogP contribution in [-0.4, -0.2) is 68.5 Å². The van der Waals surface area contributed by atoms with Gasteiger partial charge in [0, 0.05) is 67.5 Å². The van der Waals surface area contributed by atoms with Gasteiger partial charge in [0.2, 0.25) is 0 Å².